The summed E-state index contributed by atoms with van der Waals surface area (Å²) in [7, 11) is 0. The second-order valence-electron chi connectivity index (χ2n) is 4.78. The maximum absolute atomic E-state index is 10.9. The third-order valence-electron chi connectivity index (χ3n) is 3.26. The van der Waals surface area contributed by atoms with Gasteiger partial charge in [0, 0.05) is 6.54 Å². The quantitative estimate of drug-likeness (QED) is 0.879. The molecule has 0 saturated carbocycles. The highest BCUT2D eigenvalue weighted by molar-refractivity contribution is 5.88. The van der Waals surface area contributed by atoms with Crippen LogP contribution in [0.1, 0.15) is 27.4 Å². The smallest absolute Gasteiger partial charge is 0.339 e. The second kappa shape index (κ2) is 5.49. The summed E-state index contributed by atoms with van der Waals surface area (Å²) in [5.41, 5.74) is 1.26. The number of ether oxygens (including phenoxy) is 2. The van der Waals surface area contributed by atoms with E-state index in [1.807, 2.05) is 18.2 Å². The van der Waals surface area contributed by atoms with Crippen molar-refractivity contribution in [2.75, 3.05) is 6.79 Å². The highest BCUT2D eigenvalue weighted by Gasteiger charge is 2.14. The average Bonchev–Trinajstić information content (AvgIpc) is 3.04. The Morgan fingerprint density at radius 1 is 1.24 bits per heavy atom. The highest BCUT2D eigenvalue weighted by atomic mass is 16.7. The number of carboxylic acid groups (broad SMARTS) is 1. The fourth-order valence-electron chi connectivity index (χ4n) is 2.22. The molecule has 2 heterocycles. The van der Waals surface area contributed by atoms with E-state index >= 15 is 0 Å². The number of furan rings is 1. The van der Waals surface area contributed by atoms with Gasteiger partial charge in [-0.3, -0.25) is 0 Å². The summed E-state index contributed by atoms with van der Waals surface area (Å²) in [4.78, 5) is 10.9. The summed E-state index contributed by atoms with van der Waals surface area (Å²) in [6.45, 7) is 2.99. The van der Waals surface area contributed by atoms with Crippen molar-refractivity contribution in [1.82, 2.24) is 5.32 Å². The number of hydrogen-bond acceptors (Lipinski definition) is 5. The predicted molar refractivity (Wildman–Crippen MR) is 73.5 cm³/mol. The zero-order chi connectivity index (χ0) is 14.8. The number of aryl methyl sites for hydroxylation is 1. The van der Waals surface area contributed by atoms with E-state index in [1.54, 1.807) is 13.0 Å². The summed E-state index contributed by atoms with van der Waals surface area (Å²) in [6, 6.07) is 7.30. The lowest BCUT2D eigenvalue weighted by Gasteiger charge is -2.04. The number of hydrogen-bond donors (Lipinski definition) is 2. The molecule has 3 rings (SSSR count). The zero-order valence-corrected chi connectivity index (χ0v) is 11.5. The SMILES string of the molecule is Cc1oc(CNCc2ccc3c(c2)OCO3)cc1C(=O)O. The van der Waals surface area contributed by atoms with Crippen molar-refractivity contribution < 1.29 is 23.8 Å². The molecule has 6 nitrogen and oxygen atoms in total. The molecule has 2 N–H and O–H groups in total. The third kappa shape index (κ3) is 2.85. The van der Waals surface area contributed by atoms with Gasteiger partial charge in [0.2, 0.25) is 6.79 Å². The zero-order valence-electron chi connectivity index (χ0n) is 11.5. The topological polar surface area (TPSA) is 80.9 Å². The highest BCUT2D eigenvalue weighted by Crippen LogP contribution is 2.32. The van der Waals surface area contributed by atoms with Crippen LogP contribution in [0.2, 0.25) is 0 Å². The fourth-order valence-corrected chi connectivity index (χ4v) is 2.22. The number of carboxylic acids is 1. The number of aromatic carboxylic acids is 1. The first-order chi connectivity index (χ1) is 10.1. The van der Waals surface area contributed by atoms with Gasteiger partial charge in [0.15, 0.2) is 11.5 Å². The molecule has 1 aliphatic heterocycles. The monoisotopic (exact) mass is 289 g/mol. The molecule has 2 aromatic rings. The van der Waals surface area contributed by atoms with Crippen molar-refractivity contribution in [2.45, 2.75) is 20.0 Å². The summed E-state index contributed by atoms with van der Waals surface area (Å²) in [6.07, 6.45) is 0. The van der Waals surface area contributed by atoms with Gasteiger partial charge in [-0.1, -0.05) is 6.07 Å². The number of rotatable bonds is 5. The predicted octanol–water partition coefficient (Wildman–Crippen LogP) is 2.30. The van der Waals surface area contributed by atoms with Crippen LogP contribution in [0, 0.1) is 6.92 Å². The molecular weight excluding hydrogens is 274 g/mol. The van der Waals surface area contributed by atoms with Crippen LogP contribution in [0.5, 0.6) is 11.5 Å². The molecule has 110 valence electrons. The van der Waals surface area contributed by atoms with Crippen molar-refractivity contribution in [3.63, 3.8) is 0 Å². The molecule has 0 aliphatic carbocycles. The maximum atomic E-state index is 10.9. The Kier molecular flexibility index (Phi) is 3.53. The molecule has 0 spiro atoms. The minimum Gasteiger partial charge on any atom is -0.478 e. The van der Waals surface area contributed by atoms with Crippen LogP contribution in [0.4, 0.5) is 0 Å². The third-order valence-corrected chi connectivity index (χ3v) is 3.26. The van der Waals surface area contributed by atoms with Gasteiger partial charge in [-0.15, -0.1) is 0 Å². The van der Waals surface area contributed by atoms with E-state index < -0.39 is 5.97 Å². The maximum Gasteiger partial charge on any atom is 0.339 e. The first kappa shape index (κ1) is 13.5. The lowest BCUT2D eigenvalue weighted by molar-refractivity contribution is 0.0695. The molecule has 0 bridgehead atoms. The molecule has 0 fully saturated rings. The van der Waals surface area contributed by atoms with E-state index in [4.69, 9.17) is 19.0 Å². The first-order valence-electron chi connectivity index (χ1n) is 6.55. The van der Waals surface area contributed by atoms with Crippen LogP contribution in [-0.4, -0.2) is 17.9 Å². The molecule has 0 unspecified atom stereocenters. The van der Waals surface area contributed by atoms with Gasteiger partial charge in [0.25, 0.3) is 0 Å². The fraction of sp³-hybridized carbons (Fsp3) is 0.267. The lowest BCUT2D eigenvalue weighted by atomic mass is 10.2. The number of carbonyl (C=O) groups is 1. The molecule has 0 amide bonds. The largest absolute Gasteiger partial charge is 0.478 e. The molecule has 0 atom stereocenters. The minimum atomic E-state index is -0.974. The molecule has 1 aliphatic rings. The van der Waals surface area contributed by atoms with Gasteiger partial charge in [-0.05, 0) is 30.7 Å². The first-order valence-corrected chi connectivity index (χ1v) is 6.55. The van der Waals surface area contributed by atoms with Crippen molar-refractivity contribution in [2.24, 2.45) is 0 Å². The number of fused-ring (bicyclic) bond motifs is 1. The van der Waals surface area contributed by atoms with E-state index in [0.29, 0.717) is 24.6 Å². The molecule has 0 saturated heterocycles. The van der Waals surface area contributed by atoms with Crippen LogP contribution in [0.3, 0.4) is 0 Å². The Morgan fingerprint density at radius 3 is 2.81 bits per heavy atom. The van der Waals surface area contributed by atoms with Gasteiger partial charge < -0.3 is 24.3 Å². The molecular formula is C15H15NO5. The van der Waals surface area contributed by atoms with Gasteiger partial charge in [-0.25, -0.2) is 4.79 Å². The molecule has 6 heteroatoms. The van der Waals surface area contributed by atoms with Crippen molar-refractivity contribution >= 4 is 5.97 Å². The van der Waals surface area contributed by atoms with E-state index in [1.165, 1.54) is 0 Å². The Balaban J connectivity index is 1.59. The Labute approximate surface area is 121 Å². The minimum absolute atomic E-state index is 0.204. The standard InChI is InChI=1S/C15H15NO5/c1-9-12(15(17)18)5-11(21-9)7-16-6-10-2-3-13-14(4-10)20-8-19-13/h2-5,16H,6-8H2,1H3,(H,17,18). The summed E-state index contributed by atoms with van der Waals surface area (Å²) < 4.78 is 16.0. The van der Waals surface area contributed by atoms with Crippen LogP contribution in [0.25, 0.3) is 0 Å². The van der Waals surface area contributed by atoms with Gasteiger partial charge >= 0.3 is 5.97 Å². The summed E-state index contributed by atoms with van der Waals surface area (Å²) >= 11 is 0. The summed E-state index contributed by atoms with van der Waals surface area (Å²) in [5, 5.41) is 12.2. The van der Waals surface area contributed by atoms with Crippen LogP contribution < -0.4 is 14.8 Å². The van der Waals surface area contributed by atoms with Crippen molar-refractivity contribution in [3.05, 3.63) is 46.9 Å². The Hall–Kier alpha value is -2.47. The Bertz CT molecular complexity index is 677. The van der Waals surface area contributed by atoms with Crippen LogP contribution in [-0.2, 0) is 13.1 Å². The van der Waals surface area contributed by atoms with Crippen LogP contribution in [0.15, 0.2) is 28.7 Å². The van der Waals surface area contributed by atoms with E-state index in [-0.39, 0.29) is 12.4 Å². The Morgan fingerprint density at radius 2 is 2.05 bits per heavy atom. The van der Waals surface area contributed by atoms with E-state index in [9.17, 15) is 4.79 Å². The van der Waals surface area contributed by atoms with Crippen molar-refractivity contribution in [3.8, 4) is 11.5 Å². The van der Waals surface area contributed by atoms with Gasteiger partial charge in [0.05, 0.1) is 6.54 Å². The number of nitrogens with one attached hydrogen (secondary N) is 1. The molecule has 21 heavy (non-hydrogen) atoms. The van der Waals surface area contributed by atoms with Crippen molar-refractivity contribution in [1.29, 1.82) is 0 Å². The molecule has 1 aromatic carbocycles. The molecule has 1 aromatic heterocycles. The van der Waals surface area contributed by atoms with E-state index in [0.717, 1.165) is 17.1 Å². The van der Waals surface area contributed by atoms with Gasteiger partial charge in [0.1, 0.15) is 17.1 Å². The van der Waals surface area contributed by atoms with Crippen LogP contribution >= 0.6 is 0 Å². The summed E-state index contributed by atoms with van der Waals surface area (Å²) in [5.74, 6) is 1.55. The molecule has 0 radical (unpaired) electrons. The second-order valence-corrected chi connectivity index (χ2v) is 4.78. The average molecular weight is 289 g/mol. The van der Waals surface area contributed by atoms with Gasteiger partial charge in [-0.2, -0.15) is 0 Å². The normalized spacial score (nSPS) is 12.6. The lowest BCUT2D eigenvalue weighted by Crippen LogP contribution is -2.12. The number of benzene rings is 1. The van der Waals surface area contributed by atoms with E-state index in [2.05, 4.69) is 5.32 Å².